The standard InChI is InChI=1S/C23H21BrN2O5S/c1-16(27)17-7-6-8-19(13-17)25-23(28)15-26(20-9-4-3-5-10-20)32(29,30)22-14-18(24)11-12-21(22)31-2/h3-14H,15H2,1-2H3,(H,25,28). The summed E-state index contributed by atoms with van der Waals surface area (Å²) in [7, 11) is -2.79. The van der Waals surface area contributed by atoms with Gasteiger partial charge >= 0.3 is 0 Å². The second kappa shape index (κ2) is 9.97. The van der Waals surface area contributed by atoms with Crippen LogP contribution in [0.15, 0.2) is 82.2 Å². The quantitative estimate of drug-likeness (QED) is 0.445. The van der Waals surface area contributed by atoms with Gasteiger partial charge < -0.3 is 10.1 Å². The molecule has 0 radical (unpaired) electrons. The van der Waals surface area contributed by atoms with E-state index >= 15 is 0 Å². The Morgan fingerprint density at radius 3 is 2.38 bits per heavy atom. The Labute approximate surface area is 195 Å². The van der Waals surface area contributed by atoms with Crippen LogP contribution in [0.4, 0.5) is 11.4 Å². The van der Waals surface area contributed by atoms with Crippen molar-refractivity contribution in [2.45, 2.75) is 11.8 Å². The molecule has 0 heterocycles. The van der Waals surface area contributed by atoms with E-state index in [0.717, 1.165) is 4.31 Å². The van der Waals surface area contributed by atoms with Crippen molar-refractivity contribution in [1.29, 1.82) is 0 Å². The lowest BCUT2D eigenvalue weighted by atomic mass is 10.1. The van der Waals surface area contributed by atoms with Crippen LogP contribution in [0.25, 0.3) is 0 Å². The molecule has 0 aromatic heterocycles. The van der Waals surface area contributed by atoms with Gasteiger partial charge in [-0.25, -0.2) is 8.42 Å². The number of ketones is 1. The first kappa shape index (κ1) is 23.5. The van der Waals surface area contributed by atoms with Crippen molar-refractivity contribution in [2.75, 3.05) is 23.3 Å². The fourth-order valence-electron chi connectivity index (χ4n) is 3.03. The van der Waals surface area contributed by atoms with Crippen LogP contribution >= 0.6 is 15.9 Å². The van der Waals surface area contributed by atoms with Gasteiger partial charge in [-0.3, -0.25) is 13.9 Å². The molecule has 7 nitrogen and oxygen atoms in total. The summed E-state index contributed by atoms with van der Waals surface area (Å²) >= 11 is 3.29. The zero-order valence-corrected chi connectivity index (χ0v) is 19.8. The molecule has 0 saturated heterocycles. The molecule has 1 amide bonds. The van der Waals surface area contributed by atoms with E-state index in [9.17, 15) is 18.0 Å². The number of sulfonamides is 1. The normalized spacial score (nSPS) is 11.0. The lowest BCUT2D eigenvalue weighted by Crippen LogP contribution is -2.38. The van der Waals surface area contributed by atoms with Crippen molar-refractivity contribution in [2.24, 2.45) is 0 Å². The molecule has 0 fully saturated rings. The van der Waals surface area contributed by atoms with Crippen molar-refractivity contribution in [1.82, 2.24) is 0 Å². The fraction of sp³-hybridized carbons (Fsp3) is 0.130. The van der Waals surface area contributed by atoms with Crippen molar-refractivity contribution < 1.29 is 22.7 Å². The predicted octanol–water partition coefficient (Wildman–Crippen LogP) is 4.49. The van der Waals surface area contributed by atoms with E-state index in [2.05, 4.69) is 21.2 Å². The van der Waals surface area contributed by atoms with Gasteiger partial charge in [-0.1, -0.05) is 46.3 Å². The minimum Gasteiger partial charge on any atom is -0.495 e. The number of rotatable bonds is 8. The number of benzene rings is 3. The molecular weight excluding hydrogens is 496 g/mol. The highest BCUT2D eigenvalue weighted by Gasteiger charge is 2.30. The Bertz CT molecular complexity index is 1250. The predicted molar refractivity (Wildman–Crippen MR) is 127 cm³/mol. The molecule has 9 heteroatoms. The summed E-state index contributed by atoms with van der Waals surface area (Å²) in [5.74, 6) is -0.549. The molecule has 0 aliphatic carbocycles. The van der Waals surface area contributed by atoms with Crippen LogP contribution in [0.2, 0.25) is 0 Å². The number of methoxy groups -OCH3 is 1. The summed E-state index contributed by atoms with van der Waals surface area (Å²) in [5, 5.41) is 2.66. The van der Waals surface area contributed by atoms with E-state index < -0.39 is 22.5 Å². The molecule has 1 N–H and O–H groups in total. The number of para-hydroxylation sites is 1. The number of hydrogen-bond donors (Lipinski definition) is 1. The molecule has 166 valence electrons. The van der Waals surface area contributed by atoms with Gasteiger partial charge in [0.15, 0.2) is 5.78 Å². The first-order chi connectivity index (χ1) is 15.2. The van der Waals surface area contributed by atoms with E-state index in [1.807, 2.05) is 0 Å². The monoisotopic (exact) mass is 516 g/mol. The minimum absolute atomic E-state index is 0.0791. The molecule has 0 atom stereocenters. The van der Waals surface area contributed by atoms with E-state index in [1.165, 1.54) is 26.2 Å². The van der Waals surface area contributed by atoms with Crippen LogP contribution in [0.3, 0.4) is 0 Å². The number of carbonyl (C=O) groups excluding carboxylic acids is 2. The van der Waals surface area contributed by atoms with E-state index in [0.29, 0.717) is 21.4 Å². The molecule has 0 aliphatic rings. The zero-order valence-electron chi connectivity index (χ0n) is 17.4. The van der Waals surface area contributed by atoms with Gasteiger partial charge in [-0.05, 0) is 49.4 Å². The summed E-state index contributed by atoms with van der Waals surface area (Å²) in [4.78, 5) is 24.4. The van der Waals surface area contributed by atoms with Gasteiger partial charge in [0, 0.05) is 15.7 Å². The third-order valence-electron chi connectivity index (χ3n) is 4.58. The minimum atomic E-state index is -4.16. The van der Waals surface area contributed by atoms with Gasteiger partial charge in [0.1, 0.15) is 17.2 Å². The number of ether oxygens (including phenoxy) is 1. The van der Waals surface area contributed by atoms with E-state index in [1.54, 1.807) is 60.7 Å². The van der Waals surface area contributed by atoms with Crippen LogP contribution in [-0.2, 0) is 14.8 Å². The topological polar surface area (TPSA) is 92.8 Å². The van der Waals surface area contributed by atoms with E-state index in [-0.39, 0.29) is 16.4 Å². The molecule has 0 saturated carbocycles. The zero-order chi connectivity index (χ0) is 23.3. The summed E-state index contributed by atoms with van der Waals surface area (Å²) in [5.41, 5.74) is 1.16. The molecule has 0 spiro atoms. The Hall–Kier alpha value is -3.17. The maximum atomic E-state index is 13.6. The van der Waals surface area contributed by atoms with Crippen LogP contribution < -0.4 is 14.4 Å². The average Bonchev–Trinajstić information content (AvgIpc) is 2.78. The Morgan fingerprint density at radius 1 is 1.00 bits per heavy atom. The number of nitrogens with one attached hydrogen (secondary N) is 1. The van der Waals surface area contributed by atoms with Crippen molar-refractivity contribution in [3.8, 4) is 5.75 Å². The van der Waals surface area contributed by atoms with Gasteiger partial charge in [-0.15, -0.1) is 0 Å². The lowest BCUT2D eigenvalue weighted by Gasteiger charge is -2.25. The van der Waals surface area contributed by atoms with E-state index in [4.69, 9.17) is 4.74 Å². The van der Waals surface area contributed by atoms with Crippen LogP contribution in [0.5, 0.6) is 5.75 Å². The molecule has 32 heavy (non-hydrogen) atoms. The molecule has 0 unspecified atom stereocenters. The number of anilines is 2. The van der Waals surface area contributed by atoms with Crippen molar-refractivity contribution in [3.05, 3.63) is 82.8 Å². The number of Topliss-reactive ketones (excluding diaryl/α,β-unsaturated/α-hetero) is 1. The van der Waals surface area contributed by atoms with Crippen LogP contribution in [0, 0.1) is 0 Å². The molecule has 3 rings (SSSR count). The summed E-state index contributed by atoms with van der Waals surface area (Å²) in [6, 6.07) is 19.4. The number of carbonyl (C=O) groups is 2. The third kappa shape index (κ3) is 5.35. The summed E-state index contributed by atoms with van der Waals surface area (Å²) in [6.07, 6.45) is 0. The summed E-state index contributed by atoms with van der Waals surface area (Å²) in [6.45, 7) is 0.947. The Morgan fingerprint density at radius 2 is 1.72 bits per heavy atom. The number of halogens is 1. The van der Waals surface area contributed by atoms with Crippen LogP contribution in [0.1, 0.15) is 17.3 Å². The highest BCUT2D eigenvalue weighted by molar-refractivity contribution is 9.10. The second-order valence-electron chi connectivity index (χ2n) is 6.83. The van der Waals surface area contributed by atoms with Crippen molar-refractivity contribution in [3.63, 3.8) is 0 Å². The second-order valence-corrected chi connectivity index (χ2v) is 9.57. The highest BCUT2D eigenvalue weighted by atomic mass is 79.9. The Balaban J connectivity index is 1.97. The molecular formula is C23H21BrN2O5S. The van der Waals surface area contributed by atoms with Gasteiger partial charge in [0.05, 0.1) is 12.8 Å². The lowest BCUT2D eigenvalue weighted by molar-refractivity contribution is -0.114. The number of nitrogens with zero attached hydrogens (tertiary/aromatic N) is 1. The maximum Gasteiger partial charge on any atom is 0.268 e. The average molecular weight is 517 g/mol. The van der Waals surface area contributed by atoms with Gasteiger partial charge in [0.2, 0.25) is 5.91 Å². The van der Waals surface area contributed by atoms with Gasteiger partial charge in [0.25, 0.3) is 10.0 Å². The fourth-order valence-corrected chi connectivity index (χ4v) is 5.15. The molecule has 0 aliphatic heterocycles. The first-order valence-electron chi connectivity index (χ1n) is 9.54. The number of hydrogen-bond acceptors (Lipinski definition) is 5. The highest BCUT2D eigenvalue weighted by Crippen LogP contribution is 2.32. The smallest absolute Gasteiger partial charge is 0.268 e. The van der Waals surface area contributed by atoms with Crippen LogP contribution in [-0.4, -0.2) is 33.8 Å². The molecule has 3 aromatic rings. The molecule has 3 aromatic carbocycles. The SMILES string of the molecule is COc1ccc(Br)cc1S(=O)(=O)N(CC(=O)Nc1cccc(C(C)=O)c1)c1ccccc1. The third-order valence-corrected chi connectivity index (χ3v) is 6.87. The largest absolute Gasteiger partial charge is 0.495 e. The molecule has 0 bridgehead atoms. The maximum absolute atomic E-state index is 13.6. The number of amides is 1. The Kier molecular flexibility index (Phi) is 7.32. The first-order valence-corrected chi connectivity index (χ1v) is 11.8. The summed E-state index contributed by atoms with van der Waals surface area (Å²) < 4.78 is 34.0. The van der Waals surface area contributed by atoms with Gasteiger partial charge in [-0.2, -0.15) is 0 Å². The van der Waals surface area contributed by atoms with Crippen molar-refractivity contribution >= 4 is 49.0 Å².